The molecule has 0 saturated carbocycles. The lowest BCUT2D eigenvalue weighted by atomic mass is 9.72. The van der Waals surface area contributed by atoms with Crippen molar-refractivity contribution in [2.45, 2.75) is 90.9 Å². The van der Waals surface area contributed by atoms with Crippen LogP contribution in [0.1, 0.15) is 111 Å². The van der Waals surface area contributed by atoms with E-state index < -0.39 is 0 Å². The van der Waals surface area contributed by atoms with E-state index in [1.165, 1.54) is 128 Å². The van der Waals surface area contributed by atoms with Crippen LogP contribution >= 0.6 is 0 Å². The fourth-order valence-corrected chi connectivity index (χ4v) is 15.5. The molecule has 0 atom stereocenters. The predicted octanol–water partition coefficient (Wildman–Crippen LogP) is 20.5. The maximum Gasteiger partial charge on any atom is 0.144 e. The number of rotatable bonds is 4. The number of fused-ring (bicyclic) bond motifs is 22. The molecule has 3 heteroatoms. The number of aryl methyl sites for hydroxylation is 2. The van der Waals surface area contributed by atoms with Gasteiger partial charge in [0, 0.05) is 71.3 Å². The third-order valence-corrected chi connectivity index (χ3v) is 19.2. The maximum absolute atomic E-state index is 7.06. The molecule has 0 saturated heterocycles. The van der Waals surface area contributed by atoms with Crippen molar-refractivity contribution in [3.05, 3.63) is 232 Å². The highest BCUT2D eigenvalue weighted by Crippen LogP contribution is 2.65. The summed E-state index contributed by atoms with van der Waals surface area (Å²) in [6.07, 6.45) is 0. The molecule has 0 fully saturated rings. The van der Waals surface area contributed by atoms with E-state index in [0.717, 1.165) is 44.7 Å². The van der Waals surface area contributed by atoms with Gasteiger partial charge in [0.1, 0.15) is 22.3 Å². The topological polar surface area (TPSA) is 29.5 Å². The van der Waals surface area contributed by atoms with Crippen LogP contribution in [0.5, 0.6) is 0 Å². The molecule has 0 amide bonds. The summed E-state index contributed by atoms with van der Waals surface area (Å²) >= 11 is 0. The van der Waals surface area contributed by atoms with Crippen LogP contribution in [0.2, 0.25) is 0 Å². The fraction of sp³-hybridized carbons (Fsp3) is 0.189. The molecule has 12 aromatic rings. The highest BCUT2D eigenvalue weighted by molar-refractivity contribution is 6.22. The molecule has 16 rings (SSSR count). The number of nitrogens with zero attached hydrogens (tertiary/aromatic N) is 1. The highest BCUT2D eigenvalue weighted by atomic mass is 16.3. The van der Waals surface area contributed by atoms with Gasteiger partial charge in [0.05, 0.1) is 5.69 Å². The predicted molar refractivity (Wildman–Crippen MR) is 321 cm³/mol. The molecular weight excluding hydrogens is 935 g/mol. The Labute approximate surface area is 450 Å². The lowest BCUT2D eigenvalue weighted by molar-refractivity contribution is 0.600. The molecular formula is C74H59NO2. The number of benzene rings is 10. The van der Waals surface area contributed by atoms with Crippen molar-refractivity contribution in [2.24, 2.45) is 0 Å². The first-order valence-electron chi connectivity index (χ1n) is 27.6. The number of para-hydroxylation sites is 2. The third kappa shape index (κ3) is 5.57. The largest absolute Gasteiger partial charge is 0.455 e. The van der Waals surface area contributed by atoms with E-state index in [-0.39, 0.29) is 21.7 Å². The van der Waals surface area contributed by atoms with Gasteiger partial charge in [0.25, 0.3) is 0 Å². The summed E-state index contributed by atoms with van der Waals surface area (Å²) in [4.78, 5) is 2.59. The second kappa shape index (κ2) is 14.7. The van der Waals surface area contributed by atoms with Crippen LogP contribution in [0.15, 0.2) is 185 Å². The highest BCUT2D eigenvalue weighted by Gasteiger charge is 2.49. The van der Waals surface area contributed by atoms with Gasteiger partial charge in [0.2, 0.25) is 0 Å². The lowest BCUT2D eigenvalue weighted by Gasteiger charge is -2.32. The minimum absolute atomic E-state index is 0.174. The van der Waals surface area contributed by atoms with Gasteiger partial charge in [0.15, 0.2) is 0 Å². The minimum Gasteiger partial charge on any atom is -0.455 e. The Bertz CT molecular complexity index is 4660. The monoisotopic (exact) mass is 993 g/mol. The standard InChI is InChI=1S/C74H59NO2/c1-40-30-33-44(41(2)36-40)51-39-57-62(64-49-22-13-17-28-59(49)76-69(51)64)47-34-31-42(37-55(47)72(57,5)6)75(58-27-19-26-54-61(58)45-20-11-15-24-52(45)71(54,3)4)43-32-35-48-56(38-43)74(9,10)67-63(48)65-50-23-14-18-29-60(50)77-70(65)66-46-21-12-16-25-53(46)73(7,8)68(66)67/h11-39H,1-10H3. The van der Waals surface area contributed by atoms with Gasteiger partial charge in [-0.2, -0.15) is 0 Å². The first-order valence-corrected chi connectivity index (χ1v) is 27.6. The van der Waals surface area contributed by atoms with Crippen LogP contribution in [0.25, 0.3) is 99.5 Å². The number of anilines is 3. The molecule has 372 valence electrons. The number of hydrogen-bond donors (Lipinski definition) is 0. The summed E-state index contributed by atoms with van der Waals surface area (Å²) in [5.74, 6) is 0. The first kappa shape index (κ1) is 44.9. The van der Waals surface area contributed by atoms with Crippen molar-refractivity contribution in [1.29, 1.82) is 0 Å². The molecule has 0 N–H and O–H groups in total. The van der Waals surface area contributed by atoms with Crippen LogP contribution in [0.4, 0.5) is 17.1 Å². The summed E-state index contributed by atoms with van der Waals surface area (Å²) < 4.78 is 14.0. The van der Waals surface area contributed by atoms with Crippen molar-refractivity contribution >= 4 is 60.9 Å². The summed E-state index contributed by atoms with van der Waals surface area (Å²) in [6.45, 7) is 23.8. The molecule has 0 radical (unpaired) electrons. The van der Waals surface area contributed by atoms with E-state index in [9.17, 15) is 0 Å². The van der Waals surface area contributed by atoms with Crippen LogP contribution in [-0.2, 0) is 21.7 Å². The van der Waals surface area contributed by atoms with Crippen LogP contribution in [0, 0.1) is 13.8 Å². The Morgan fingerprint density at radius 2 is 0.831 bits per heavy atom. The van der Waals surface area contributed by atoms with Crippen LogP contribution in [-0.4, -0.2) is 0 Å². The van der Waals surface area contributed by atoms with Crippen molar-refractivity contribution < 1.29 is 8.83 Å². The van der Waals surface area contributed by atoms with Crippen LogP contribution in [0.3, 0.4) is 0 Å². The summed E-state index contributed by atoms with van der Waals surface area (Å²) in [6, 6.07) is 66.4. The van der Waals surface area contributed by atoms with Crippen molar-refractivity contribution in [2.75, 3.05) is 4.90 Å². The molecule has 3 nitrogen and oxygen atoms in total. The average Bonchev–Trinajstić information content (AvgIpc) is 4.09. The molecule has 10 aromatic carbocycles. The van der Waals surface area contributed by atoms with Gasteiger partial charge in [-0.15, -0.1) is 0 Å². The van der Waals surface area contributed by atoms with Gasteiger partial charge in [-0.25, -0.2) is 0 Å². The quantitative estimate of drug-likeness (QED) is 0.176. The Morgan fingerprint density at radius 3 is 1.51 bits per heavy atom. The van der Waals surface area contributed by atoms with E-state index in [2.05, 4.69) is 250 Å². The summed E-state index contributed by atoms with van der Waals surface area (Å²) in [7, 11) is 0. The Morgan fingerprint density at radius 1 is 0.338 bits per heavy atom. The van der Waals surface area contributed by atoms with E-state index in [1.807, 2.05) is 0 Å². The zero-order valence-corrected chi connectivity index (χ0v) is 45.5. The molecule has 2 aromatic heterocycles. The molecule has 4 aliphatic rings. The average molecular weight is 994 g/mol. The van der Waals surface area contributed by atoms with E-state index in [1.54, 1.807) is 0 Å². The molecule has 0 bridgehead atoms. The van der Waals surface area contributed by atoms with Crippen molar-refractivity contribution in [3.63, 3.8) is 0 Å². The second-order valence-electron chi connectivity index (χ2n) is 24.9. The van der Waals surface area contributed by atoms with Crippen LogP contribution < -0.4 is 4.90 Å². The molecule has 77 heavy (non-hydrogen) atoms. The Kier molecular flexibility index (Phi) is 8.59. The van der Waals surface area contributed by atoms with E-state index in [0.29, 0.717) is 0 Å². The van der Waals surface area contributed by atoms with Gasteiger partial charge in [-0.1, -0.05) is 188 Å². The van der Waals surface area contributed by atoms with Gasteiger partial charge in [-0.3, -0.25) is 0 Å². The Balaban J connectivity index is 0.954. The van der Waals surface area contributed by atoms with Gasteiger partial charge >= 0.3 is 0 Å². The zero-order chi connectivity index (χ0) is 52.4. The maximum atomic E-state index is 7.06. The fourth-order valence-electron chi connectivity index (χ4n) is 15.5. The summed E-state index contributed by atoms with van der Waals surface area (Å²) in [5.41, 5.74) is 32.1. The van der Waals surface area contributed by atoms with Crippen molar-refractivity contribution in [3.8, 4) is 55.6 Å². The van der Waals surface area contributed by atoms with E-state index >= 15 is 0 Å². The zero-order valence-electron chi connectivity index (χ0n) is 45.5. The van der Waals surface area contributed by atoms with E-state index in [4.69, 9.17) is 8.83 Å². The smallest absolute Gasteiger partial charge is 0.144 e. The molecule has 0 unspecified atom stereocenters. The Hall–Kier alpha value is -8.40. The second-order valence-corrected chi connectivity index (χ2v) is 24.9. The molecule has 0 spiro atoms. The number of hydrogen-bond acceptors (Lipinski definition) is 3. The lowest BCUT2D eigenvalue weighted by Crippen LogP contribution is -2.24. The normalized spacial score (nSPS) is 16.1. The number of furan rings is 2. The molecule has 4 aliphatic carbocycles. The van der Waals surface area contributed by atoms with Crippen molar-refractivity contribution in [1.82, 2.24) is 0 Å². The first-order chi connectivity index (χ1) is 37.1. The minimum atomic E-state index is -0.358. The summed E-state index contributed by atoms with van der Waals surface area (Å²) in [5, 5.41) is 4.74. The van der Waals surface area contributed by atoms with Gasteiger partial charge < -0.3 is 13.7 Å². The van der Waals surface area contributed by atoms with Gasteiger partial charge in [-0.05, 0) is 151 Å². The molecule has 2 heterocycles. The third-order valence-electron chi connectivity index (χ3n) is 19.2. The molecule has 0 aliphatic heterocycles. The SMILES string of the molecule is Cc1ccc(-c2cc3c(c4c2oc2ccccc24)-c2ccc(N(c4ccc5c(c4)C(C)(C)c4c6c(c7oc8ccccc8c7c4-5)-c4ccccc4C6(C)C)c4cccc5c4-c4ccccc4C5(C)C)cc2C3(C)C)c(C)c1.